The molecule has 33 heavy (non-hydrogen) atoms. The van der Waals surface area contributed by atoms with Crippen LogP contribution < -0.4 is 11.1 Å². The number of nitrogens with one attached hydrogen (secondary N) is 1. The third-order valence-corrected chi connectivity index (χ3v) is 6.28. The summed E-state index contributed by atoms with van der Waals surface area (Å²) >= 11 is 0. The van der Waals surface area contributed by atoms with Gasteiger partial charge in [0.05, 0.1) is 40.6 Å². The van der Waals surface area contributed by atoms with Crippen LogP contribution in [0.1, 0.15) is 29.6 Å². The Morgan fingerprint density at radius 1 is 1.15 bits per heavy atom. The maximum absolute atomic E-state index is 13.5. The van der Waals surface area contributed by atoms with Crippen molar-refractivity contribution >= 4 is 17.2 Å². The summed E-state index contributed by atoms with van der Waals surface area (Å²) in [7, 11) is 1.80. The average molecular weight is 442 g/mol. The lowest BCUT2D eigenvalue weighted by Gasteiger charge is -2.35. The Labute approximate surface area is 192 Å². The highest BCUT2D eigenvalue weighted by Gasteiger charge is 2.28. The van der Waals surface area contributed by atoms with Gasteiger partial charge in [-0.15, -0.1) is 0 Å². The summed E-state index contributed by atoms with van der Waals surface area (Å²) in [6, 6.07) is 13.9. The van der Waals surface area contributed by atoms with Crippen molar-refractivity contribution in [3.63, 3.8) is 0 Å². The quantitative estimate of drug-likeness (QED) is 0.492. The van der Waals surface area contributed by atoms with Gasteiger partial charge in [0.25, 0.3) is 5.91 Å². The van der Waals surface area contributed by atoms with Gasteiger partial charge in [0.15, 0.2) is 5.65 Å². The van der Waals surface area contributed by atoms with Crippen molar-refractivity contribution in [2.75, 3.05) is 25.5 Å². The summed E-state index contributed by atoms with van der Waals surface area (Å²) in [6.07, 6.45) is 8.38. The summed E-state index contributed by atoms with van der Waals surface area (Å²) in [5, 5.41) is 7.56. The predicted octanol–water partition coefficient (Wildman–Crippen LogP) is 3.45. The molecule has 168 valence electrons. The van der Waals surface area contributed by atoms with Crippen LogP contribution in [-0.4, -0.2) is 56.6 Å². The van der Waals surface area contributed by atoms with E-state index in [1.54, 1.807) is 24.0 Å². The lowest BCUT2D eigenvalue weighted by molar-refractivity contribution is 0.0624. The van der Waals surface area contributed by atoms with Gasteiger partial charge in [-0.05, 0) is 31.4 Å². The fourth-order valence-electron chi connectivity index (χ4n) is 4.47. The molecular weight excluding hydrogens is 414 g/mol. The van der Waals surface area contributed by atoms with Gasteiger partial charge in [-0.25, -0.2) is 9.50 Å². The Morgan fingerprint density at radius 2 is 2.00 bits per heavy atom. The first-order valence-corrected chi connectivity index (χ1v) is 11.3. The van der Waals surface area contributed by atoms with Crippen LogP contribution in [0.2, 0.25) is 0 Å². The number of carbonyl (C=O) groups excluding carboxylic acids is 1. The van der Waals surface area contributed by atoms with E-state index in [4.69, 9.17) is 10.7 Å². The van der Waals surface area contributed by atoms with E-state index in [-0.39, 0.29) is 11.9 Å². The number of carbonyl (C=O) groups is 1. The summed E-state index contributed by atoms with van der Waals surface area (Å²) in [6.45, 7) is 1.19. The van der Waals surface area contributed by atoms with E-state index in [9.17, 15) is 4.79 Å². The number of benzene rings is 1. The molecule has 1 aliphatic heterocycles. The lowest BCUT2D eigenvalue weighted by Crippen LogP contribution is -2.47. The highest BCUT2D eigenvalue weighted by molar-refractivity contribution is 6.01. The fraction of sp³-hybridized carbons (Fsp3) is 0.280. The molecule has 1 aliphatic rings. The van der Waals surface area contributed by atoms with Crippen molar-refractivity contribution in [3.8, 4) is 22.5 Å². The van der Waals surface area contributed by atoms with Gasteiger partial charge in [-0.2, -0.15) is 5.10 Å². The molecule has 1 saturated heterocycles. The number of aromatic nitrogens is 4. The maximum atomic E-state index is 13.5. The molecule has 1 atom stereocenters. The van der Waals surface area contributed by atoms with Crippen LogP contribution in [-0.2, 0) is 0 Å². The zero-order valence-electron chi connectivity index (χ0n) is 18.6. The molecular formula is C25H27N7O. The van der Waals surface area contributed by atoms with Crippen LogP contribution in [0, 0.1) is 0 Å². The van der Waals surface area contributed by atoms with E-state index in [1.807, 2.05) is 53.6 Å². The second-order valence-corrected chi connectivity index (χ2v) is 8.25. The van der Waals surface area contributed by atoms with Crippen molar-refractivity contribution in [2.24, 2.45) is 5.73 Å². The normalized spacial score (nSPS) is 16.2. The van der Waals surface area contributed by atoms with Crippen molar-refractivity contribution < 1.29 is 4.79 Å². The number of likely N-dealkylation sites (tertiary alicyclic amines) is 1. The van der Waals surface area contributed by atoms with Crippen molar-refractivity contribution in [3.05, 3.63) is 66.6 Å². The zero-order chi connectivity index (χ0) is 22.8. The molecule has 0 bridgehead atoms. The van der Waals surface area contributed by atoms with Crippen molar-refractivity contribution in [1.29, 1.82) is 0 Å². The number of piperidine rings is 1. The van der Waals surface area contributed by atoms with E-state index < -0.39 is 0 Å². The number of fused-ring (bicyclic) bond motifs is 1. The molecule has 4 heterocycles. The van der Waals surface area contributed by atoms with E-state index in [0.29, 0.717) is 29.1 Å². The molecule has 1 aromatic carbocycles. The molecule has 0 aliphatic carbocycles. The maximum Gasteiger partial charge on any atom is 0.256 e. The predicted molar refractivity (Wildman–Crippen MR) is 129 cm³/mol. The van der Waals surface area contributed by atoms with Gasteiger partial charge in [0, 0.05) is 37.9 Å². The topological polar surface area (TPSA) is 101 Å². The number of hydrogen-bond acceptors (Lipinski definition) is 6. The Kier molecular flexibility index (Phi) is 5.75. The SMILES string of the molecule is CNc1cnc(-c2cnn3ccc(-c4ccccc4)nc23)cc1C(=O)N1CCCCC1CN. The molecule has 0 spiro atoms. The molecule has 8 nitrogen and oxygen atoms in total. The van der Waals surface area contributed by atoms with Gasteiger partial charge in [-0.3, -0.25) is 9.78 Å². The molecule has 3 aromatic heterocycles. The molecule has 3 N–H and O–H groups in total. The number of hydrogen-bond donors (Lipinski definition) is 2. The van der Waals surface area contributed by atoms with Crippen molar-refractivity contribution in [2.45, 2.75) is 25.3 Å². The Bertz CT molecular complexity index is 1280. The number of nitrogens with two attached hydrogens (primary N) is 1. The number of rotatable bonds is 5. The largest absolute Gasteiger partial charge is 0.386 e. The third kappa shape index (κ3) is 3.93. The number of anilines is 1. The Balaban J connectivity index is 1.57. The minimum atomic E-state index is -0.0208. The first-order chi connectivity index (χ1) is 16.2. The lowest BCUT2D eigenvalue weighted by atomic mass is 10.00. The van der Waals surface area contributed by atoms with Gasteiger partial charge in [0.2, 0.25) is 0 Å². The van der Waals surface area contributed by atoms with E-state index in [0.717, 1.165) is 42.6 Å². The first kappa shape index (κ1) is 21.1. The monoisotopic (exact) mass is 441 g/mol. The third-order valence-electron chi connectivity index (χ3n) is 6.28. The second kappa shape index (κ2) is 8.99. The molecule has 1 amide bonds. The summed E-state index contributed by atoms with van der Waals surface area (Å²) in [5.74, 6) is -0.0208. The average Bonchev–Trinajstić information content (AvgIpc) is 3.31. The van der Waals surface area contributed by atoms with Crippen LogP contribution in [0.3, 0.4) is 0 Å². The summed E-state index contributed by atoms with van der Waals surface area (Å²) in [4.78, 5) is 24.9. The second-order valence-electron chi connectivity index (χ2n) is 8.25. The fourth-order valence-corrected chi connectivity index (χ4v) is 4.47. The number of amides is 1. The van der Waals surface area contributed by atoms with Gasteiger partial charge in [-0.1, -0.05) is 30.3 Å². The van der Waals surface area contributed by atoms with Gasteiger partial charge >= 0.3 is 0 Å². The van der Waals surface area contributed by atoms with Crippen LogP contribution in [0.4, 0.5) is 5.69 Å². The van der Waals surface area contributed by atoms with Crippen LogP contribution in [0.25, 0.3) is 28.2 Å². The molecule has 8 heteroatoms. The minimum absolute atomic E-state index is 0.0208. The first-order valence-electron chi connectivity index (χ1n) is 11.3. The Morgan fingerprint density at radius 3 is 2.79 bits per heavy atom. The smallest absolute Gasteiger partial charge is 0.256 e. The molecule has 0 radical (unpaired) electrons. The van der Waals surface area contributed by atoms with E-state index >= 15 is 0 Å². The molecule has 1 unspecified atom stereocenters. The zero-order valence-corrected chi connectivity index (χ0v) is 18.6. The highest BCUT2D eigenvalue weighted by atomic mass is 16.2. The standard InChI is InChI=1S/C25H27N7O/c1-27-23-16-28-22(13-19(23)25(33)31-11-6-5-9-18(31)14-26)20-15-29-32-12-10-21(30-24(20)32)17-7-3-2-4-8-17/h2-4,7-8,10,12-13,15-16,18,27H,5-6,9,11,14,26H2,1H3. The number of nitrogens with zero attached hydrogens (tertiary/aromatic N) is 5. The van der Waals surface area contributed by atoms with Crippen LogP contribution in [0.15, 0.2) is 61.1 Å². The highest BCUT2D eigenvalue weighted by Crippen LogP contribution is 2.29. The minimum Gasteiger partial charge on any atom is -0.386 e. The van der Waals surface area contributed by atoms with E-state index in [2.05, 4.69) is 15.4 Å². The molecule has 5 rings (SSSR count). The molecule has 0 saturated carbocycles. The number of pyridine rings is 1. The van der Waals surface area contributed by atoms with Crippen molar-refractivity contribution in [1.82, 2.24) is 24.5 Å². The molecule has 1 fully saturated rings. The summed E-state index contributed by atoms with van der Waals surface area (Å²) < 4.78 is 1.73. The van der Waals surface area contributed by atoms with Crippen LogP contribution in [0.5, 0.6) is 0 Å². The van der Waals surface area contributed by atoms with Crippen LogP contribution >= 0.6 is 0 Å². The van der Waals surface area contributed by atoms with Gasteiger partial charge < -0.3 is 16.0 Å². The Hall–Kier alpha value is -3.78. The van der Waals surface area contributed by atoms with Gasteiger partial charge in [0.1, 0.15) is 0 Å². The van der Waals surface area contributed by atoms with E-state index in [1.165, 1.54) is 0 Å². The molecule has 4 aromatic rings. The summed E-state index contributed by atoms with van der Waals surface area (Å²) in [5.41, 5.74) is 11.3.